The van der Waals surface area contributed by atoms with E-state index in [-0.39, 0.29) is 0 Å². The topological polar surface area (TPSA) is 43.4 Å². The summed E-state index contributed by atoms with van der Waals surface area (Å²) in [7, 11) is 0. The van der Waals surface area contributed by atoms with Gasteiger partial charge in [0.05, 0.1) is 5.56 Å². The number of aryl methyl sites for hydroxylation is 1. The van der Waals surface area contributed by atoms with E-state index in [0.29, 0.717) is 11.3 Å². The summed E-state index contributed by atoms with van der Waals surface area (Å²) in [6.45, 7) is 1.79. The third-order valence-corrected chi connectivity index (χ3v) is 2.32. The maximum atomic E-state index is 11.2. The number of esters is 1. The zero-order valence-corrected chi connectivity index (χ0v) is 8.34. The summed E-state index contributed by atoms with van der Waals surface area (Å²) in [5, 5.41) is 0. The van der Waals surface area contributed by atoms with Gasteiger partial charge in [0, 0.05) is 4.47 Å². The van der Waals surface area contributed by atoms with Crippen molar-refractivity contribution in [2.75, 3.05) is 0 Å². The average Bonchev–Trinajstić information content (AvgIpc) is 2.32. The second-order valence-corrected chi connectivity index (χ2v) is 3.73. The Balaban J connectivity index is 2.70. The van der Waals surface area contributed by atoms with Crippen molar-refractivity contribution in [3.8, 4) is 5.75 Å². The highest BCUT2D eigenvalue weighted by atomic mass is 79.9. The molecular formula is C9H5BrO3. The van der Waals surface area contributed by atoms with E-state index >= 15 is 0 Å². The molecule has 3 nitrogen and oxygen atoms in total. The first-order chi connectivity index (χ1) is 6.09. The Morgan fingerprint density at radius 1 is 1.31 bits per heavy atom. The van der Waals surface area contributed by atoms with Crippen molar-refractivity contribution in [1.82, 2.24) is 0 Å². The Labute approximate surface area is 82.8 Å². The zero-order valence-electron chi connectivity index (χ0n) is 6.76. The summed E-state index contributed by atoms with van der Waals surface area (Å²) in [6.07, 6.45) is 0. The van der Waals surface area contributed by atoms with Crippen LogP contribution in [0.2, 0.25) is 0 Å². The first-order valence-corrected chi connectivity index (χ1v) is 4.45. The third-order valence-electron chi connectivity index (χ3n) is 1.86. The number of rotatable bonds is 0. The molecule has 0 amide bonds. The normalized spacial score (nSPS) is 14.3. The molecule has 0 aliphatic carbocycles. The lowest BCUT2D eigenvalue weighted by atomic mass is 10.1. The van der Waals surface area contributed by atoms with Crippen LogP contribution >= 0.6 is 15.9 Å². The monoisotopic (exact) mass is 240 g/mol. The number of hydrogen-bond donors (Lipinski definition) is 0. The van der Waals surface area contributed by atoms with Crippen LogP contribution in [0.1, 0.15) is 15.9 Å². The Morgan fingerprint density at radius 2 is 2.00 bits per heavy atom. The molecule has 0 unspecified atom stereocenters. The fourth-order valence-corrected chi connectivity index (χ4v) is 1.86. The molecule has 1 aliphatic rings. The lowest BCUT2D eigenvalue weighted by molar-refractivity contribution is -0.128. The molecule has 1 aromatic carbocycles. The predicted molar refractivity (Wildman–Crippen MR) is 48.8 cm³/mol. The Morgan fingerprint density at radius 3 is 2.69 bits per heavy atom. The quantitative estimate of drug-likeness (QED) is 0.395. The largest absolute Gasteiger partial charge is 0.419 e. The van der Waals surface area contributed by atoms with Gasteiger partial charge in [-0.25, -0.2) is 4.79 Å². The van der Waals surface area contributed by atoms with Crippen LogP contribution in [-0.2, 0) is 4.79 Å². The number of hydrogen-bond acceptors (Lipinski definition) is 3. The van der Waals surface area contributed by atoms with Crippen molar-refractivity contribution in [2.24, 2.45) is 0 Å². The number of ketones is 1. The highest BCUT2D eigenvalue weighted by Gasteiger charge is 2.32. The molecule has 4 heteroatoms. The number of ether oxygens (including phenoxy) is 1. The van der Waals surface area contributed by atoms with Gasteiger partial charge in [-0.1, -0.05) is 15.9 Å². The van der Waals surface area contributed by atoms with Crippen LogP contribution in [0.3, 0.4) is 0 Å². The fraction of sp³-hybridized carbons (Fsp3) is 0.111. The molecule has 1 aliphatic heterocycles. The molecule has 0 radical (unpaired) electrons. The molecule has 0 N–H and O–H groups in total. The molecule has 0 bridgehead atoms. The number of carbonyl (C=O) groups excluding carboxylic acids is 2. The summed E-state index contributed by atoms with van der Waals surface area (Å²) in [5.41, 5.74) is 1.13. The minimum atomic E-state index is -0.795. The van der Waals surface area contributed by atoms with E-state index in [2.05, 4.69) is 15.9 Å². The van der Waals surface area contributed by atoms with Crippen LogP contribution in [0.25, 0.3) is 0 Å². The summed E-state index contributed by atoms with van der Waals surface area (Å²) in [4.78, 5) is 22.1. The first kappa shape index (κ1) is 8.44. The second-order valence-electron chi connectivity index (χ2n) is 2.82. The van der Waals surface area contributed by atoms with E-state index in [1.807, 2.05) is 0 Å². The molecule has 2 rings (SSSR count). The molecule has 1 aromatic rings. The predicted octanol–water partition coefficient (Wildman–Crippen LogP) is 1.86. The van der Waals surface area contributed by atoms with Crippen molar-refractivity contribution in [3.05, 3.63) is 27.7 Å². The Bertz CT molecular complexity index is 423. The van der Waals surface area contributed by atoms with Gasteiger partial charge in [-0.05, 0) is 24.6 Å². The third kappa shape index (κ3) is 1.18. The Kier molecular flexibility index (Phi) is 1.73. The van der Waals surface area contributed by atoms with Gasteiger partial charge < -0.3 is 4.74 Å². The molecular weight excluding hydrogens is 236 g/mol. The highest BCUT2D eigenvalue weighted by molar-refractivity contribution is 9.10. The van der Waals surface area contributed by atoms with Crippen LogP contribution < -0.4 is 4.74 Å². The molecule has 0 spiro atoms. The summed E-state index contributed by atoms with van der Waals surface area (Å²) in [5.74, 6) is -0.978. The van der Waals surface area contributed by atoms with Crippen molar-refractivity contribution in [3.63, 3.8) is 0 Å². The van der Waals surface area contributed by atoms with E-state index in [1.165, 1.54) is 0 Å². The molecule has 0 atom stereocenters. The highest BCUT2D eigenvalue weighted by Crippen LogP contribution is 2.32. The van der Waals surface area contributed by atoms with Crippen LogP contribution in [0, 0.1) is 6.92 Å². The summed E-state index contributed by atoms with van der Waals surface area (Å²) >= 11 is 3.24. The standard InChI is InChI=1S/C9H5BrO3/c1-4-2-5(10)3-6-7(11)9(12)13-8(4)6/h2-3H,1H3. The molecule has 1 heterocycles. The van der Waals surface area contributed by atoms with E-state index in [4.69, 9.17) is 4.74 Å². The van der Waals surface area contributed by atoms with Crippen molar-refractivity contribution in [2.45, 2.75) is 6.92 Å². The van der Waals surface area contributed by atoms with Gasteiger partial charge in [0.1, 0.15) is 5.75 Å². The van der Waals surface area contributed by atoms with Crippen LogP contribution in [0.5, 0.6) is 5.75 Å². The van der Waals surface area contributed by atoms with E-state index < -0.39 is 11.8 Å². The van der Waals surface area contributed by atoms with Crippen molar-refractivity contribution in [1.29, 1.82) is 0 Å². The van der Waals surface area contributed by atoms with Gasteiger partial charge in [-0.3, -0.25) is 4.79 Å². The smallest absolute Gasteiger partial charge is 0.385 e. The SMILES string of the molecule is Cc1cc(Br)cc2c1OC(=O)C2=O. The molecule has 0 saturated carbocycles. The lowest BCUT2D eigenvalue weighted by Gasteiger charge is -2.00. The molecule has 0 aromatic heterocycles. The number of Topliss-reactive ketones (excluding diaryl/α,β-unsaturated/α-hetero) is 1. The Hall–Kier alpha value is -1.16. The van der Waals surface area contributed by atoms with Gasteiger partial charge in [0.2, 0.25) is 0 Å². The average molecular weight is 241 g/mol. The number of fused-ring (bicyclic) bond motifs is 1. The number of carbonyl (C=O) groups is 2. The maximum absolute atomic E-state index is 11.2. The number of benzene rings is 1. The van der Waals surface area contributed by atoms with Crippen molar-refractivity contribution < 1.29 is 14.3 Å². The molecule has 0 fully saturated rings. The molecule has 13 heavy (non-hydrogen) atoms. The minimum Gasteiger partial charge on any atom is -0.419 e. The van der Waals surface area contributed by atoms with Gasteiger partial charge in [0.15, 0.2) is 0 Å². The fourth-order valence-electron chi connectivity index (χ4n) is 1.28. The van der Waals surface area contributed by atoms with E-state index in [9.17, 15) is 9.59 Å². The van der Waals surface area contributed by atoms with Gasteiger partial charge in [-0.2, -0.15) is 0 Å². The molecule has 66 valence electrons. The minimum absolute atomic E-state index is 0.344. The summed E-state index contributed by atoms with van der Waals surface area (Å²) in [6, 6.07) is 3.39. The van der Waals surface area contributed by atoms with E-state index in [0.717, 1.165) is 10.0 Å². The first-order valence-electron chi connectivity index (χ1n) is 3.66. The second kappa shape index (κ2) is 2.67. The molecule has 0 saturated heterocycles. The zero-order chi connectivity index (χ0) is 9.59. The van der Waals surface area contributed by atoms with Gasteiger partial charge in [-0.15, -0.1) is 0 Å². The van der Waals surface area contributed by atoms with Gasteiger partial charge in [0.25, 0.3) is 5.78 Å². The van der Waals surface area contributed by atoms with Crippen LogP contribution in [-0.4, -0.2) is 11.8 Å². The van der Waals surface area contributed by atoms with E-state index in [1.54, 1.807) is 19.1 Å². The maximum Gasteiger partial charge on any atom is 0.385 e. The lowest BCUT2D eigenvalue weighted by Crippen LogP contribution is -2.10. The van der Waals surface area contributed by atoms with Gasteiger partial charge >= 0.3 is 5.97 Å². The van der Waals surface area contributed by atoms with Crippen molar-refractivity contribution >= 4 is 27.7 Å². The van der Waals surface area contributed by atoms with Crippen LogP contribution in [0.15, 0.2) is 16.6 Å². The summed E-state index contributed by atoms with van der Waals surface area (Å²) < 4.78 is 5.57. The van der Waals surface area contributed by atoms with Crippen LogP contribution in [0.4, 0.5) is 0 Å². The number of halogens is 1.